The van der Waals surface area contributed by atoms with E-state index in [9.17, 15) is 9.59 Å². The summed E-state index contributed by atoms with van der Waals surface area (Å²) in [5.41, 5.74) is 0. The Balaban J connectivity index is 4.23. The van der Waals surface area contributed by atoms with Crippen molar-refractivity contribution in [3.05, 3.63) is 0 Å². The molecule has 5 heteroatoms. The fourth-order valence-electron chi connectivity index (χ4n) is 1.22. The molecule has 19 heavy (non-hydrogen) atoms. The molecule has 0 spiro atoms. The van der Waals surface area contributed by atoms with Crippen molar-refractivity contribution in [2.75, 3.05) is 19.8 Å². The number of esters is 2. The van der Waals surface area contributed by atoms with E-state index < -0.39 is 18.0 Å². The van der Waals surface area contributed by atoms with Crippen molar-refractivity contribution in [1.82, 2.24) is 0 Å². The highest BCUT2D eigenvalue weighted by Gasteiger charge is 2.25. The maximum Gasteiger partial charge on any atom is 0.335 e. The quantitative estimate of drug-likeness (QED) is 0.603. The summed E-state index contributed by atoms with van der Waals surface area (Å²) in [4.78, 5) is 23.3. The monoisotopic (exact) mass is 274 g/mol. The molecule has 0 bridgehead atoms. The Hall–Kier alpha value is -1.10. The Morgan fingerprint density at radius 2 is 1.47 bits per heavy atom. The molecular weight excluding hydrogens is 248 g/mol. The molecule has 0 aromatic rings. The lowest BCUT2D eigenvalue weighted by molar-refractivity contribution is -0.164. The highest BCUT2D eigenvalue weighted by molar-refractivity contribution is 5.81. The second-order valence-electron chi connectivity index (χ2n) is 5.25. The molecule has 112 valence electrons. The van der Waals surface area contributed by atoms with E-state index >= 15 is 0 Å². The fourth-order valence-corrected chi connectivity index (χ4v) is 1.22. The first kappa shape index (κ1) is 17.9. The number of carbonyl (C=O) groups is 2. The molecule has 0 aromatic carbocycles. The van der Waals surface area contributed by atoms with Gasteiger partial charge in [0.05, 0.1) is 19.6 Å². The third-order valence-corrected chi connectivity index (χ3v) is 2.12. The molecular formula is C14H26O5. The Bertz CT molecular complexity index is 273. The average Bonchev–Trinajstić information content (AvgIpc) is 2.32. The van der Waals surface area contributed by atoms with Crippen LogP contribution in [-0.2, 0) is 23.8 Å². The van der Waals surface area contributed by atoms with Crippen molar-refractivity contribution in [2.24, 2.45) is 11.8 Å². The second-order valence-corrected chi connectivity index (χ2v) is 5.25. The minimum Gasteiger partial charge on any atom is -0.465 e. The smallest absolute Gasteiger partial charge is 0.335 e. The summed E-state index contributed by atoms with van der Waals surface area (Å²) in [6, 6.07) is 0. The van der Waals surface area contributed by atoms with Gasteiger partial charge in [-0.15, -0.1) is 0 Å². The van der Waals surface area contributed by atoms with Crippen LogP contribution in [0.15, 0.2) is 0 Å². The van der Waals surface area contributed by atoms with E-state index in [0.717, 1.165) is 0 Å². The van der Waals surface area contributed by atoms with Crippen LogP contribution in [0.2, 0.25) is 0 Å². The molecule has 0 aliphatic heterocycles. The predicted molar refractivity (Wildman–Crippen MR) is 71.6 cm³/mol. The van der Waals surface area contributed by atoms with E-state index in [0.29, 0.717) is 19.8 Å². The summed E-state index contributed by atoms with van der Waals surface area (Å²) in [5, 5.41) is 0. The molecule has 0 fully saturated rings. The van der Waals surface area contributed by atoms with Gasteiger partial charge in [-0.05, 0) is 18.8 Å². The molecule has 0 radical (unpaired) electrons. The van der Waals surface area contributed by atoms with Gasteiger partial charge >= 0.3 is 11.9 Å². The first-order chi connectivity index (χ1) is 8.86. The van der Waals surface area contributed by atoms with Gasteiger partial charge in [-0.3, -0.25) is 4.79 Å². The average molecular weight is 274 g/mol. The highest BCUT2D eigenvalue weighted by atomic mass is 16.6. The van der Waals surface area contributed by atoms with Gasteiger partial charge in [0.25, 0.3) is 0 Å². The predicted octanol–water partition coefficient (Wildman–Crippen LogP) is 2.18. The van der Waals surface area contributed by atoms with E-state index in [4.69, 9.17) is 14.2 Å². The number of ether oxygens (including phenoxy) is 3. The molecule has 0 aliphatic carbocycles. The molecule has 0 saturated heterocycles. The van der Waals surface area contributed by atoms with Gasteiger partial charge in [-0.25, -0.2) is 4.79 Å². The van der Waals surface area contributed by atoms with Gasteiger partial charge in [0, 0.05) is 6.61 Å². The number of rotatable bonds is 9. The molecule has 0 heterocycles. The zero-order valence-electron chi connectivity index (χ0n) is 12.6. The first-order valence-corrected chi connectivity index (χ1v) is 6.80. The Morgan fingerprint density at radius 3 is 1.95 bits per heavy atom. The molecule has 0 amide bonds. The number of carbonyl (C=O) groups excluding carboxylic acids is 2. The maximum absolute atomic E-state index is 11.8. The third-order valence-electron chi connectivity index (χ3n) is 2.12. The van der Waals surface area contributed by atoms with E-state index in [2.05, 4.69) is 0 Å². The summed E-state index contributed by atoms with van der Waals surface area (Å²) >= 11 is 0. The van der Waals surface area contributed by atoms with Gasteiger partial charge in [0.15, 0.2) is 6.10 Å². The summed E-state index contributed by atoms with van der Waals surface area (Å²) in [5.74, 6) is -0.424. The number of hydrogen-bond donors (Lipinski definition) is 0. The lowest BCUT2D eigenvalue weighted by atomic mass is 10.2. The molecule has 0 rings (SSSR count). The first-order valence-electron chi connectivity index (χ1n) is 6.80. The van der Waals surface area contributed by atoms with E-state index in [1.54, 1.807) is 6.92 Å². The van der Waals surface area contributed by atoms with E-state index in [1.807, 2.05) is 27.7 Å². The molecule has 0 aromatic heterocycles. The van der Waals surface area contributed by atoms with Gasteiger partial charge in [-0.2, -0.15) is 0 Å². The van der Waals surface area contributed by atoms with Crippen molar-refractivity contribution in [3.8, 4) is 0 Å². The highest BCUT2D eigenvalue weighted by Crippen LogP contribution is 2.06. The van der Waals surface area contributed by atoms with Crippen molar-refractivity contribution >= 4 is 11.9 Å². The zero-order valence-corrected chi connectivity index (χ0v) is 12.6. The molecule has 0 aliphatic rings. The van der Waals surface area contributed by atoms with Crippen LogP contribution in [0.5, 0.6) is 0 Å². The van der Waals surface area contributed by atoms with Gasteiger partial charge in [0.1, 0.15) is 0 Å². The minimum atomic E-state index is -0.872. The summed E-state index contributed by atoms with van der Waals surface area (Å²) < 4.78 is 15.3. The van der Waals surface area contributed by atoms with Gasteiger partial charge < -0.3 is 14.2 Å². The van der Waals surface area contributed by atoms with Crippen molar-refractivity contribution < 1.29 is 23.8 Å². The Labute approximate surface area is 115 Å². The summed E-state index contributed by atoms with van der Waals surface area (Å²) in [6.45, 7) is 10.6. The molecule has 0 unspecified atom stereocenters. The molecule has 1 atom stereocenters. The topological polar surface area (TPSA) is 61.8 Å². The van der Waals surface area contributed by atoms with Crippen LogP contribution < -0.4 is 0 Å². The number of hydrogen-bond acceptors (Lipinski definition) is 5. The van der Waals surface area contributed by atoms with E-state index in [-0.39, 0.29) is 18.3 Å². The Morgan fingerprint density at radius 1 is 0.947 bits per heavy atom. The SMILES string of the molecule is CCO[C@@H](CC(=O)OCC(C)C)C(=O)OCC(C)C. The van der Waals surface area contributed by atoms with Crippen LogP contribution in [0, 0.1) is 11.8 Å². The normalized spacial score (nSPS) is 12.6. The third kappa shape index (κ3) is 9.47. The van der Waals surface area contributed by atoms with Crippen LogP contribution in [-0.4, -0.2) is 37.9 Å². The van der Waals surface area contributed by atoms with Crippen LogP contribution in [0.25, 0.3) is 0 Å². The van der Waals surface area contributed by atoms with Gasteiger partial charge in [-0.1, -0.05) is 27.7 Å². The second kappa shape index (κ2) is 9.78. The largest absolute Gasteiger partial charge is 0.465 e. The minimum absolute atomic E-state index is 0.0997. The van der Waals surface area contributed by atoms with Gasteiger partial charge in [0.2, 0.25) is 0 Å². The standard InChI is InChI=1S/C14H26O5/c1-6-17-12(14(16)19-9-11(4)5)7-13(15)18-8-10(2)3/h10-12H,6-9H2,1-5H3/t12-/m0/s1. The van der Waals surface area contributed by atoms with E-state index in [1.165, 1.54) is 0 Å². The van der Waals surface area contributed by atoms with Crippen LogP contribution in [0.3, 0.4) is 0 Å². The zero-order chi connectivity index (χ0) is 14.8. The maximum atomic E-state index is 11.8. The van der Waals surface area contributed by atoms with Crippen molar-refractivity contribution in [3.63, 3.8) is 0 Å². The Kier molecular flexibility index (Phi) is 9.21. The fraction of sp³-hybridized carbons (Fsp3) is 0.857. The molecule has 5 nitrogen and oxygen atoms in total. The van der Waals surface area contributed by atoms with Crippen LogP contribution in [0.4, 0.5) is 0 Å². The van der Waals surface area contributed by atoms with Crippen molar-refractivity contribution in [1.29, 1.82) is 0 Å². The summed E-state index contributed by atoms with van der Waals surface area (Å²) in [7, 11) is 0. The van der Waals surface area contributed by atoms with Crippen LogP contribution >= 0.6 is 0 Å². The lowest BCUT2D eigenvalue weighted by Crippen LogP contribution is -2.31. The lowest BCUT2D eigenvalue weighted by Gasteiger charge is -2.16. The van der Waals surface area contributed by atoms with Crippen molar-refractivity contribution in [2.45, 2.75) is 47.1 Å². The summed E-state index contributed by atoms with van der Waals surface area (Å²) in [6.07, 6.45) is -0.972. The van der Waals surface area contributed by atoms with Crippen LogP contribution in [0.1, 0.15) is 41.0 Å². The molecule has 0 N–H and O–H groups in total. The molecule has 0 saturated carbocycles.